The lowest BCUT2D eigenvalue weighted by Crippen LogP contribution is -2.47. The molecule has 94 valence electrons. The molecule has 1 aromatic heterocycles. The Balaban J connectivity index is 1.95. The maximum atomic E-state index is 12.0. The van der Waals surface area contributed by atoms with Crippen LogP contribution in [-0.4, -0.2) is 32.7 Å². The molecule has 2 rings (SSSR count). The van der Waals surface area contributed by atoms with Crippen molar-refractivity contribution in [2.75, 3.05) is 0 Å². The SMILES string of the molecule is CCC(NC(=O)c1cncn1C)C1CC(O)C1. The second kappa shape index (κ2) is 4.87. The second-order valence-electron chi connectivity index (χ2n) is 4.76. The smallest absolute Gasteiger partial charge is 0.269 e. The van der Waals surface area contributed by atoms with E-state index in [1.165, 1.54) is 0 Å². The molecule has 1 amide bonds. The fourth-order valence-electron chi connectivity index (χ4n) is 2.33. The van der Waals surface area contributed by atoms with E-state index in [2.05, 4.69) is 17.2 Å². The van der Waals surface area contributed by atoms with Crippen LogP contribution in [0.25, 0.3) is 0 Å². The summed E-state index contributed by atoms with van der Waals surface area (Å²) in [5.41, 5.74) is 0.573. The van der Waals surface area contributed by atoms with Crippen molar-refractivity contribution in [2.45, 2.75) is 38.3 Å². The van der Waals surface area contributed by atoms with Crippen LogP contribution < -0.4 is 5.32 Å². The molecule has 0 bridgehead atoms. The van der Waals surface area contributed by atoms with Gasteiger partial charge in [0, 0.05) is 13.1 Å². The Morgan fingerprint density at radius 3 is 2.88 bits per heavy atom. The van der Waals surface area contributed by atoms with Gasteiger partial charge in [-0.3, -0.25) is 4.79 Å². The normalized spacial score (nSPS) is 25.1. The van der Waals surface area contributed by atoms with E-state index in [0.29, 0.717) is 11.6 Å². The van der Waals surface area contributed by atoms with Crippen molar-refractivity contribution in [1.29, 1.82) is 0 Å². The van der Waals surface area contributed by atoms with Crippen molar-refractivity contribution >= 4 is 5.91 Å². The van der Waals surface area contributed by atoms with Gasteiger partial charge < -0.3 is 15.0 Å². The molecule has 5 nitrogen and oxygen atoms in total. The van der Waals surface area contributed by atoms with Gasteiger partial charge in [-0.15, -0.1) is 0 Å². The Bertz CT molecular complexity index is 396. The zero-order valence-corrected chi connectivity index (χ0v) is 10.3. The van der Waals surface area contributed by atoms with Crippen LogP contribution in [0.3, 0.4) is 0 Å². The van der Waals surface area contributed by atoms with E-state index in [0.717, 1.165) is 19.3 Å². The second-order valence-corrected chi connectivity index (χ2v) is 4.76. The number of aliphatic hydroxyl groups excluding tert-OH is 1. The molecule has 1 aromatic rings. The van der Waals surface area contributed by atoms with Crippen LogP contribution in [0.15, 0.2) is 12.5 Å². The summed E-state index contributed by atoms with van der Waals surface area (Å²) in [5, 5.41) is 12.3. The van der Waals surface area contributed by atoms with E-state index in [1.807, 2.05) is 0 Å². The highest BCUT2D eigenvalue weighted by Crippen LogP contribution is 2.31. The lowest BCUT2D eigenvalue weighted by molar-refractivity contribution is 0.0231. The maximum absolute atomic E-state index is 12.0. The first-order valence-electron chi connectivity index (χ1n) is 6.07. The molecule has 1 saturated carbocycles. The number of imidazole rings is 1. The molecule has 1 heterocycles. The Hall–Kier alpha value is -1.36. The molecule has 1 fully saturated rings. The van der Waals surface area contributed by atoms with Crippen molar-refractivity contribution in [3.63, 3.8) is 0 Å². The van der Waals surface area contributed by atoms with Crippen LogP contribution in [0.5, 0.6) is 0 Å². The number of carbonyl (C=O) groups is 1. The third kappa shape index (κ3) is 2.49. The van der Waals surface area contributed by atoms with Gasteiger partial charge in [-0.25, -0.2) is 4.98 Å². The van der Waals surface area contributed by atoms with E-state index < -0.39 is 0 Å². The van der Waals surface area contributed by atoms with Crippen LogP contribution in [-0.2, 0) is 7.05 Å². The van der Waals surface area contributed by atoms with Crippen molar-refractivity contribution in [1.82, 2.24) is 14.9 Å². The van der Waals surface area contributed by atoms with E-state index in [-0.39, 0.29) is 18.1 Å². The molecule has 17 heavy (non-hydrogen) atoms. The minimum atomic E-state index is -0.178. The number of hydrogen-bond acceptors (Lipinski definition) is 3. The molecule has 1 aliphatic carbocycles. The van der Waals surface area contributed by atoms with Crippen molar-refractivity contribution in [2.24, 2.45) is 13.0 Å². The molecule has 5 heteroatoms. The maximum Gasteiger partial charge on any atom is 0.269 e. The molecular weight excluding hydrogens is 218 g/mol. The highest BCUT2D eigenvalue weighted by atomic mass is 16.3. The molecule has 1 atom stereocenters. The predicted octanol–water partition coefficient (Wildman–Crippen LogP) is 0.699. The predicted molar refractivity (Wildman–Crippen MR) is 63.5 cm³/mol. The molecule has 0 saturated heterocycles. The van der Waals surface area contributed by atoms with E-state index in [1.54, 1.807) is 24.1 Å². The summed E-state index contributed by atoms with van der Waals surface area (Å²) in [7, 11) is 1.80. The van der Waals surface area contributed by atoms with Gasteiger partial charge in [-0.1, -0.05) is 6.92 Å². The number of rotatable bonds is 4. The number of aromatic nitrogens is 2. The molecule has 0 spiro atoms. The Morgan fingerprint density at radius 2 is 2.41 bits per heavy atom. The summed E-state index contributed by atoms with van der Waals surface area (Å²) in [5.74, 6) is 0.324. The average Bonchev–Trinajstić information content (AvgIpc) is 2.68. The number of amides is 1. The third-order valence-electron chi connectivity index (χ3n) is 3.52. The summed E-state index contributed by atoms with van der Waals surface area (Å²) in [6.07, 6.45) is 5.48. The van der Waals surface area contributed by atoms with E-state index >= 15 is 0 Å². The zero-order valence-electron chi connectivity index (χ0n) is 10.3. The first-order valence-corrected chi connectivity index (χ1v) is 6.07. The van der Waals surface area contributed by atoms with Crippen molar-refractivity contribution < 1.29 is 9.90 Å². The monoisotopic (exact) mass is 237 g/mol. The van der Waals surface area contributed by atoms with Crippen LogP contribution in [0.4, 0.5) is 0 Å². The van der Waals surface area contributed by atoms with Crippen LogP contribution >= 0.6 is 0 Å². The first kappa shape index (κ1) is 12.1. The van der Waals surface area contributed by atoms with Crippen LogP contribution in [0.1, 0.15) is 36.7 Å². The van der Waals surface area contributed by atoms with E-state index in [4.69, 9.17) is 0 Å². The van der Waals surface area contributed by atoms with Gasteiger partial charge >= 0.3 is 0 Å². The highest BCUT2D eigenvalue weighted by Gasteiger charge is 2.34. The summed E-state index contributed by atoms with van der Waals surface area (Å²) in [6, 6.07) is 0.154. The number of aryl methyl sites for hydroxylation is 1. The number of carbonyl (C=O) groups excluding carboxylic acids is 1. The number of aliphatic hydroxyl groups is 1. The minimum Gasteiger partial charge on any atom is -0.393 e. The van der Waals surface area contributed by atoms with Gasteiger partial charge in [0.25, 0.3) is 5.91 Å². The van der Waals surface area contributed by atoms with Gasteiger partial charge in [-0.2, -0.15) is 0 Å². The Labute approximate surface area is 101 Å². The minimum absolute atomic E-state index is 0.0850. The summed E-state index contributed by atoms with van der Waals surface area (Å²) < 4.78 is 1.71. The average molecular weight is 237 g/mol. The fraction of sp³-hybridized carbons (Fsp3) is 0.667. The largest absolute Gasteiger partial charge is 0.393 e. The third-order valence-corrected chi connectivity index (χ3v) is 3.52. The molecule has 1 aliphatic rings. The lowest BCUT2D eigenvalue weighted by Gasteiger charge is -2.37. The molecule has 0 aliphatic heterocycles. The summed E-state index contributed by atoms with van der Waals surface area (Å²) in [4.78, 5) is 15.9. The van der Waals surface area contributed by atoms with Gasteiger partial charge in [-0.05, 0) is 25.2 Å². The van der Waals surface area contributed by atoms with Crippen LogP contribution in [0, 0.1) is 5.92 Å². The van der Waals surface area contributed by atoms with Crippen molar-refractivity contribution in [3.05, 3.63) is 18.2 Å². The van der Waals surface area contributed by atoms with Crippen LogP contribution in [0.2, 0.25) is 0 Å². The molecule has 0 aromatic carbocycles. The summed E-state index contributed by atoms with van der Waals surface area (Å²) >= 11 is 0. The van der Waals surface area contributed by atoms with Gasteiger partial charge in [0.2, 0.25) is 0 Å². The molecule has 2 N–H and O–H groups in total. The van der Waals surface area contributed by atoms with E-state index in [9.17, 15) is 9.90 Å². The number of hydrogen-bond donors (Lipinski definition) is 2. The molecule has 0 radical (unpaired) electrons. The number of nitrogens with zero attached hydrogens (tertiary/aromatic N) is 2. The zero-order chi connectivity index (χ0) is 12.4. The van der Waals surface area contributed by atoms with Gasteiger partial charge in [0.15, 0.2) is 0 Å². The van der Waals surface area contributed by atoms with Gasteiger partial charge in [0.1, 0.15) is 5.69 Å². The number of nitrogens with one attached hydrogen (secondary N) is 1. The first-order chi connectivity index (χ1) is 8.11. The Morgan fingerprint density at radius 1 is 1.71 bits per heavy atom. The topological polar surface area (TPSA) is 67.2 Å². The van der Waals surface area contributed by atoms with Gasteiger partial charge in [0.05, 0.1) is 18.6 Å². The summed E-state index contributed by atoms with van der Waals surface area (Å²) in [6.45, 7) is 2.05. The van der Waals surface area contributed by atoms with Crippen molar-refractivity contribution in [3.8, 4) is 0 Å². The standard InChI is InChI=1S/C12H19N3O2/c1-3-10(8-4-9(16)5-8)14-12(17)11-6-13-7-15(11)2/h6-10,16H,3-5H2,1-2H3,(H,14,17). The Kier molecular flexibility index (Phi) is 3.47. The quantitative estimate of drug-likeness (QED) is 0.810. The molecular formula is C12H19N3O2. The highest BCUT2D eigenvalue weighted by molar-refractivity contribution is 5.92. The molecule has 1 unspecified atom stereocenters. The fourth-order valence-corrected chi connectivity index (χ4v) is 2.33. The lowest BCUT2D eigenvalue weighted by atomic mass is 9.76.